The molecule has 0 spiro atoms. The molecule has 76 valence electrons. The van der Waals surface area contributed by atoms with Gasteiger partial charge in [0.2, 0.25) is 0 Å². The summed E-state index contributed by atoms with van der Waals surface area (Å²) in [7, 11) is 0. The Bertz CT molecular complexity index is 497. The molecular weight excluding hydrogens is 186 g/mol. The molecule has 2 aromatic rings. The Balaban J connectivity index is 2.66. The molecule has 1 heterocycles. The third-order valence-electron chi connectivity index (χ3n) is 2.46. The second kappa shape index (κ2) is 3.81. The molecule has 2 nitrogen and oxygen atoms in total. The van der Waals surface area contributed by atoms with Crippen molar-refractivity contribution < 1.29 is 4.79 Å². The number of fused-ring (bicyclic) bond motifs is 1. The molecule has 0 radical (unpaired) electrons. The SMILES string of the molecule is CC(C)C(=O)c1cncc2ccccc12. The fraction of sp³-hybridized carbons (Fsp3) is 0.231. The molecule has 0 atom stereocenters. The van der Waals surface area contributed by atoms with Crippen molar-refractivity contribution in [2.75, 3.05) is 0 Å². The van der Waals surface area contributed by atoms with Crippen LogP contribution < -0.4 is 0 Å². The van der Waals surface area contributed by atoms with E-state index < -0.39 is 0 Å². The Morgan fingerprint density at radius 1 is 1.20 bits per heavy atom. The maximum Gasteiger partial charge on any atom is 0.167 e. The molecule has 0 saturated heterocycles. The van der Waals surface area contributed by atoms with E-state index in [4.69, 9.17) is 0 Å². The van der Waals surface area contributed by atoms with Crippen molar-refractivity contribution in [2.24, 2.45) is 5.92 Å². The highest BCUT2D eigenvalue weighted by molar-refractivity contribution is 6.08. The predicted molar refractivity (Wildman–Crippen MR) is 60.9 cm³/mol. The smallest absolute Gasteiger partial charge is 0.167 e. The van der Waals surface area contributed by atoms with Gasteiger partial charge in [-0.25, -0.2) is 0 Å². The summed E-state index contributed by atoms with van der Waals surface area (Å²) in [6.07, 6.45) is 3.44. The number of carbonyl (C=O) groups excluding carboxylic acids is 1. The normalized spacial score (nSPS) is 10.9. The fourth-order valence-corrected chi connectivity index (χ4v) is 1.62. The van der Waals surface area contributed by atoms with Crippen molar-refractivity contribution in [3.05, 3.63) is 42.2 Å². The average molecular weight is 199 g/mol. The van der Waals surface area contributed by atoms with Crippen molar-refractivity contribution in [3.63, 3.8) is 0 Å². The number of hydrogen-bond donors (Lipinski definition) is 0. The van der Waals surface area contributed by atoms with Crippen LogP contribution in [0.15, 0.2) is 36.7 Å². The van der Waals surface area contributed by atoms with Crippen molar-refractivity contribution >= 4 is 16.6 Å². The van der Waals surface area contributed by atoms with Crippen LogP contribution in [-0.2, 0) is 0 Å². The number of Topliss-reactive ketones (excluding diaryl/α,β-unsaturated/α-hetero) is 1. The van der Waals surface area contributed by atoms with E-state index in [1.807, 2.05) is 38.1 Å². The van der Waals surface area contributed by atoms with Crippen LogP contribution in [0.3, 0.4) is 0 Å². The number of pyridine rings is 1. The zero-order chi connectivity index (χ0) is 10.8. The Hall–Kier alpha value is -1.70. The Labute approximate surface area is 89.0 Å². The molecule has 0 N–H and O–H groups in total. The van der Waals surface area contributed by atoms with Gasteiger partial charge in [0.15, 0.2) is 5.78 Å². The van der Waals surface area contributed by atoms with Gasteiger partial charge in [0.25, 0.3) is 0 Å². The highest BCUT2D eigenvalue weighted by Gasteiger charge is 2.13. The summed E-state index contributed by atoms with van der Waals surface area (Å²) in [5.41, 5.74) is 0.725. The molecule has 2 heteroatoms. The molecule has 0 amide bonds. The van der Waals surface area contributed by atoms with Gasteiger partial charge in [-0.05, 0) is 5.39 Å². The molecule has 0 aliphatic carbocycles. The standard InChI is InChI=1S/C13H13NO/c1-9(2)13(15)12-8-14-7-10-5-3-4-6-11(10)12/h3-9H,1-2H3. The Morgan fingerprint density at radius 2 is 1.93 bits per heavy atom. The van der Waals surface area contributed by atoms with Crippen molar-refractivity contribution in [1.29, 1.82) is 0 Å². The molecule has 0 unspecified atom stereocenters. The fourth-order valence-electron chi connectivity index (χ4n) is 1.62. The van der Waals surface area contributed by atoms with Gasteiger partial charge in [0, 0.05) is 29.3 Å². The molecule has 1 aromatic carbocycles. The summed E-state index contributed by atoms with van der Waals surface area (Å²) in [4.78, 5) is 16.0. The highest BCUT2D eigenvalue weighted by Crippen LogP contribution is 2.19. The number of nitrogens with zero attached hydrogens (tertiary/aromatic N) is 1. The lowest BCUT2D eigenvalue weighted by Gasteiger charge is -2.06. The lowest BCUT2D eigenvalue weighted by atomic mass is 9.98. The average Bonchev–Trinajstić information content (AvgIpc) is 2.27. The third-order valence-corrected chi connectivity index (χ3v) is 2.46. The lowest BCUT2D eigenvalue weighted by molar-refractivity contribution is 0.0941. The summed E-state index contributed by atoms with van der Waals surface area (Å²) in [5, 5.41) is 2.01. The lowest BCUT2D eigenvalue weighted by Crippen LogP contribution is -2.08. The second-order valence-corrected chi connectivity index (χ2v) is 3.93. The highest BCUT2D eigenvalue weighted by atomic mass is 16.1. The number of rotatable bonds is 2. The maximum absolute atomic E-state index is 11.9. The van der Waals surface area contributed by atoms with Crippen molar-refractivity contribution in [1.82, 2.24) is 4.98 Å². The summed E-state index contributed by atoms with van der Waals surface area (Å²) in [5.74, 6) is 0.164. The van der Waals surface area contributed by atoms with Crippen LogP contribution >= 0.6 is 0 Å². The summed E-state index contributed by atoms with van der Waals surface area (Å²) >= 11 is 0. The quantitative estimate of drug-likeness (QED) is 0.696. The molecule has 0 bridgehead atoms. The van der Waals surface area contributed by atoms with Crippen LogP contribution in [0.1, 0.15) is 24.2 Å². The molecular formula is C13H13NO. The summed E-state index contributed by atoms with van der Waals surface area (Å²) in [6, 6.07) is 7.83. The first kappa shape index (κ1) is 9.84. The predicted octanol–water partition coefficient (Wildman–Crippen LogP) is 3.07. The summed E-state index contributed by atoms with van der Waals surface area (Å²) < 4.78 is 0. The zero-order valence-corrected chi connectivity index (χ0v) is 8.90. The van der Waals surface area contributed by atoms with Crippen LogP contribution in [-0.4, -0.2) is 10.8 Å². The molecule has 2 rings (SSSR count). The van der Waals surface area contributed by atoms with E-state index in [0.717, 1.165) is 16.3 Å². The topological polar surface area (TPSA) is 30.0 Å². The molecule has 15 heavy (non-hydrogen) atoms. The van der Waals surface area contributed by atoms with Gasteiger partial charge in [-0.2, -0.15) is 0 Å². The molecule has 0 aliphatic heterocycles. The van der Waals surface area contributed by atoms with Gasteiger partial charge in [-0.1, -0.05) is 38.1 Å². The largest absolute Gasteiger partial charge is 0.294 e. The van der Waals surface area contributed by atoms with E-state index in [-0.39, 0.29) is 11.7 Å². The first-order valence-corrected chi connectivity index (χ1v) is 5.07. The number of ketones is 1. The van der Waals surface area contributed by atoms with Crippen LogP contribution in [0.2, 0.25) is 0 Å². The van der Waals surface area contributed by atoms with E-state index in [0.29, 0.717) is 0 Å². The number of hydrogen-bond acceptors (Lipinski definition) is 2. The Morgan fingerprint density at radius 3 is 2.67 bits per heavy atom. The van der Waals surface area contributed by atoms with Crippen molar-refractivity contribution in [2.45, 2.75) is 13.8 Å². The minimum Gasteiger partial charge on any atom is -0.294 e. The van der Waals surface area contributed by atoms with Crippen LogP contribution in [0.5, 0.6) is 0 Å². The number of carbonyl (C=O) groups is 1. The van der Waals surface area contributed by atoms with Gasteiger partial charge in [0.05, 0.1) is 0 Å². The van der Waals surface area contributed by atoms with Crippen LogP contribution in [0.25, 0.3) is 10.8 Å². The van der Waals surface area contributed by atoms with Gasteiger partial charge in [0.1, 0.15) is 0 Å². The van der Waals surface area contributed by atoms with E-state index in [1.54, 1.807) is 12.4 Å². The molecule has 1 aromatic heterocycles. The van der Waals surface area contributed by atoms with Crippen LogP contribution in [0, 0.1) is 5.92 Å². The van der Waals surface area contributed by atoms with E-state index in [1.165, 1.54) is 0 Å². The zero-order valence-electron chi connectivity index (χ0n) is 8.90. The van der Waals surface area contributed by atoms with E-state index in [2.05, 4.69) is 4.98 Å². The summed E-state index contributed by atoms with van der Waals surface area (Å²) in [6.45, 7) is 3.81. The minimum atomic E-state index is 0.0117. The van der Waals surface area contributed by atoms with Crippen molar-refractivity contribution in [3.8, 4) is 0 Å². The first-order chi connectivity index (χ1) is 7.20. The van der Waals surface area contributed by atoms with Gasteiger partial charge in [-0.15, -0.1) is 0 Å². The van der Waals surface area contributed by atoms with Crippen LogP contribution in [0.4, 0.5) is 0 Å². The third kappa shape index (κ3) is 1.75. The van der Waals surface area contributed by atoms with E-state index >= 15 is 0 Å². The minimum absolute atomic E-state index is 0.0117. The van der Waals surface area contributed by atoms with E-state index in [9.17, 15) is 4.79 Å². The molecule has 0 fully saturated rings. The monoisotopic (exact) mass is 199 g/mol. The maximum atomic E-state index is 11.9. The Kier molecular flexibility index (Phi) is 2.50. The van der Waals surface area contributed by atoms with Gasteiger partial charge < -0.3 is 0 Å². The van der Waals surface area contributed by atoms with Gasteiger partial charge >= 0.3 is 0 Å². The number of benzene rings is 1. The molecule has 0 saturated carbocycles. The number of aromatic nitrogens is 1. The first-order valence-electron chi connectivity index (χ1n) is 5.07. The second-order valence-electron chi connectivity index (χ2n) is 3.93. The van der Waals surface area contributed by atoms with Gasteiger partial charge in [-0.3, -0.25) is 9.78 Å². The molecule has 0 aliphatic rings.